The van der Waals surface area contributed by atoms with E-state index in [1.165, 1.54) is 12.1 Å². The number of rotatable bonds is 12. The third-order valence-electron chi connectivity index (χ3n) is 8.95. The summed E-state index contributed by atoms with van der Waals surface area (Å²) < 4.78 is 39.5. The van der Waals surface area contributed by atoms with E-state index in [1.807, 2.05) is 18.2 Å². The van der Waals surface area contributed by atoms with Crippen molar-refractivity contribution >= 4 is 17.0 Å². The Labute approximate surface area is 276 Å². The molecule has 246 valence electrons. The molecule has 2 aromatic carbocycles. The van der Waals surface area contributed by atoms with Crippen LogP contribution in [0.2, 0.25) is 0 Å². The van der Waals surface area contributed by atoms with Gasteiger partial charge in [-0.25, -0.2) is 19.2 Å². The summed E-state index contributed by atoms with van der Waals surface area (Å²) in [5.74, 6) is 0.986. The summed E-state index contributed by atoms with van der Waals surface area (Å²) >= 11 is 0. The van der Waals surface area contributed by atoms with E-state index in [2.05, 4.69) is 9.47 Å². The fourth-order valence-electron chi connectivity index (χ4n) is 6.18. The fourth-order valence-corrected chi connectivity index (χ4v) is 6.18. The minimum atomic E-state index is -1.04. The quantitative estimate of drug-likeness (QED) is 0.170. The zero-order valence-corrected chi connectivity index (χ0v) is 26.2. The van der Waals surface area contributed by atoms with Gasteiger partial charge in [0.1, 0.15) is 41.9 Å². The number of carboxylic acid groups (broad SMARTS) is 1. The third-order valence-corrected chi connectivity index (χ3v) is 8.95. The fraction of sp³-hybridized carbons (Fsp3) is 0.333. The van der Waals surface area contributed by atoms with Crippen LogP contribution >= 0.6 is 0 Å². The Bertz CT molecular complexity index is 1960. The number of hydrogen-bond acceptors (Lipinski definition) is 9. The first kappa shape index (κ1) is 31.4. The number of aromatic carboxylic acids is 1. The van der Waals surface area contributed by atoms with E-state index in [9.17, 15) is 14.3 Å². The molecule has 2 aliphatic heterocycles. The number of carbonyl (C=O) groups is 1. The highest BCUT2D eigenvalue weighted by Gasteiger charge is 2.27. The average molecular weight is 652 g/mol. The zero-order valence-electron chi connectivity index (χ0n) is 26.2. The van der Waals surface area contributed by atoms with Gasteiger partial charge in [0, 0.05) is 29.8 Å². The highest BCUT2D eigenvalue weighted by Crippen LogP contribution is 2.33. The molecule has 0 amide bonds. The SMILES string of the molecule is N#Cc1ccc(COc2cccc(C3CCN(Cc4nc5c(OCc6ccco6)cc(C(=O)O)cc5n4C[C@@H]4CCO4)CC3)n2)c(F)c1. The normalized spacial score (nSPS) is 16.8. The molecule has 0 unspecified atom stereocenters. The smallest absolute Gasteiger partial charge is 0.335 e. The number of likely N-dealkylation sites (tertiary alicyclic amines) is 1. The van der Waals surface area contributed by atoms with Crippen molar-refractivity contribution in [3.63, 3.8) is 0 Å². The predicted molar refractivity (Wildman–Crippen MR) is 171 cm³/mol. The molecule has 12 heteroatoms. The summed E-state index contributed by atoms with van der Waals surface area (Å²) in [6, 6.07) is 18.7. The number of benzene rings is 2. The van der Waals surface area contributed by atoms with Gasteiger partial charge in [-0.3, -0.25) is 4.90 Å². The number of aromatic nitrogens is 3. The lowest BCUT2D eigenvalue weighted by Gasteiger charge is -2.32. The van der Waals surface area contributed by atoms with Gasteiger partial charge in [-0.15, -0.1) is 0 Å². The number of fused-ring (bicyclic) bond motifs is 1. The molecule has 2 fully saturated rings. The number of nitriles is 1. The molecule has 2 aliphatic rings. The standard InChI is InChI=1S/C36H34FN5O6/c37-29-15-23(18-38)6-7-25(29)21-48-34-5-1-4-30(39-34)24-8-11-41(12-9-24)20-33-40-35-31(42(33)19-27-10-14-46-27)16-26(36(43)44)17-32(35)47-22-28-3-2-13-45-28/h1-7,13,15-17,24,27H,8-12,14,19-22H2,(H,43,44)/t27-/m0/s1. The van der Waals surface area contributed by atoms with Gasteiger partial charge in [0.05, 0.1) is 48.2 Å². The van der Waals surface area contributed by atoms with Crippen LogP contribution in [0, 0.1) is 17.1 Å². The maximum Gasteiger partial charge on any atom is 0.335 e. The minimum absolute atomic E-state index is 0.0168. The van der Waals surface area contributed by atoms with Crippen LogP contribution in [0.5, 0.6) is 11.6 Å². The lowest BCUT2D eigenvalue weighted by molar-refractivity contribution is -0.0592. The Morgan fingerprint density at radius 3 is 2.60 bits per heavy atom. The number of nitrogens with zero attached hydrogens (tertiary/aromatic N) is 5. The van der Waals surface area contributed by atoms with Gasteiger partial charge in [0.2, 0.25) is 5.88 Å². The molecule has 7 rings (SSSR count). The number of halogens is 1. The Kier molecular flexibility index (Phi) is 9.05. The molecule has 5 aromatic rings. The Hall–Kier alpha value is -5.25. The van der Waals surface area contributed by atoms with Crippen molar-refractivity contribution in [2.24, 2.45) is 0 Å². The second-order valence-electron chi connectivity index (χ2n) is 12.1. The monoisotopic (exact) mass is 651 g/mol. The van der Waals surface area contributed by atoms with Gasteiger partial charge >= 0.3 is 5.97 Å². The van der Waals surface area contributed by atoms with E-state index in [-0.39, 0.29) is 36.4 Å². The van der Waals surface area contributed by atoms with Crippen LogP contribution in [0.3, 0.4) is 0 Å². The molecule has 0 radical (unpaired) electrons. The maximum atomic E-state index is 14.3. The van der Waals surface area contributed by atoms with Crippen molar-refractivity contribution in [1.29, 1.82) is 5.26 Å². The summed E-state index contributed by atoms with van der Waals surface area (Å²) in [6.07, 6.45) is 4.31. The third kappa shape index (κ3) is 6.88. The first-order valence-electron chi connectivity index (χ1n) is 16.0. The molecule has 0 bridgehead atoms. The van der Waals surface area contributed by atoms with Gasteiger partial charge in [-0.05, 0) is 74.8 Å². The highest BCUT2D eigenvalue weighted by atomic mass is 19.1. The zero-order chi connectivity index (χ0) is 33.0. The second-order valence-corrected chi connectivity index (χ2v) is 12.1. The molecule has 0 spiro atoms. The molecule has 5 heterocycles. The maximum absolute atomic E-state index is 14.3. The van der Waals surface area contributed by atoms with Crippen molar-refractivity contribution in [1.82, 2.24) is 19.4 Å². The van der Waals surface area contributed by atoms with E-state index in [1.54, 1.807) is 42.7 Å². The lowest BCUT2D eigenvalue weighted by atomic mass is 9.93. The van der Waals surface area contributed by atoms with Crippen LogP contribution in [0.4, 0.5) is 4.39 Å². The summed E-state index contributed by atoms with van der Waals surface area (Å²) in [5, 5.41) is 18.9. The second kappa shape index (κ2) is 13.9. The van der Waals surface area contributed by atoms with Crippen LogP contribution in [0.1, 0.15) is 63.9 Å². The number of ether oxygens (including phenoxy) is 3. The van der Waals surface area contributed by atoms with Gasteiger partial charge in [-0.1, -0.05) is 12.1 Å². The molecular formula is C36H34FN5O6. The number of imidazole rings is 1. The molecule has 48 heavy (non-hydrogen) atoms. The molecule has 3 aromatic heterocycles. The summed E-state index contributed by atoms with van der Waals surface area (Å²) in [4.78, 5) is 24.2. The van der Waals surface area contributed by atoms with E-state index in [0.717, 1.165) is 43.9 Å². The number of piperidine rings is 1. The van der Waals surface area contributed by atoms with Gasteiger partial charge in [-0.2, -0.15) is 5.26 Å². The Morgan fingerprint density at radius 2 is 1.90 bits per heavy atom. The number of furan rings is 1. The van der Waals surface area contributed by atoms with E-state index in [0.29, 0.717) is 53.7 Å². The Morgan fingerprint density at radius 1 is 1.04 bits per heavy atom. The lowest BCUT2D eigenvalue weighted by Crippen LogP contribution is -2.35. The van der Waals surface area contributed by atoms with E-state index >= 15 is 0 Å². The summed E-state index contributed by atoms with van der Waals surface area (Å²) in [6.45, 7) is 3.68. The van der Waals surface area contributed by atoms with Crippen molar-refractivity contribution in [2.75, 3.05) is 19.7 Å². The molecule has 2 saturated heterocycles. The molecule has 0 aliphatic carbocycles. The molecular weight excluding hydrogens is 617 g/mol. The predicted octanol–water partition coefficient (Wildman–Crippen LogP) is 6.06. The van der Waals surface area contributed by atoms with Crippen LogP contribution in [-0.4, -0.2) is 56.3 Å². The number of hydrogen-bond donors (Lipinski definition) is 1. The minimum Gasteiger partial charge on any atom is -0.483 e. The van der Waals surface area contributed by atoms with Crippen LogP contribution < -0.4 is 9.47 Å². The van der Waals surface area contributed by atoms with Gasteiger partial charge in [0.15, 0.2) is 0 Å². The molecule has 0 saturated carbocycles. The molecule has 1 atom stereocenters. The van der Waals surface area contributed by atoms with Crippen molar-refractivity contribution < 1.29 is 32.9 Å². The number of pyridine rings is 1. The first-order valence-corrected chi connectivity index (χ1v) is 16.0. The molecule has 11 nitrogen and oxygen atoms in total. The van der Waals surface area contributed by atoms with Crippen LogP contribution in [0.15, 0.2) is 71.3 Å². The first-order chi connectivity index (χ1) is 23.4. The van der Waals surface area contributed by atoms with Crippen LogP contribution in [0.25, 0.3) is 11.0 Å². The molecule has 1 N–H and O–H groups in total. The average Bonchev–Trinajstić information content (AvgIpc) is 3.73. The van der Waals surface area contributed by atoms with E-state index in [4.69, 9.17) is 33.9 Å². The van der Waals surface area contributed by atoms with Gasteiger partial charge < -0.3 is 28.3 Å². The highest BCUT2D eigenvalue weighted by molar-refractivity contribution is 5.95. The summed E-state index contributed by atoms with van der Waals surface area (Å²) in [5.41, 5.74) is 2.99. The number of carboxylic acids is 1. The summed E-state index contributed by atoms with van der Waals surface area (Å²) in [7, 11) is 0. The van der Waals surface area contributed by atoms with Crippen molar-refractivity contribution in [3.8, 4) is 17.7 Å². The van der Waals surface area contributed by atoms with Crippen molar-refractivity contribution in [2.45, 2.75) is 57.6 Å². The van der Waals surface area contributed by atoms with E-state index < -0.39 is 11.8 Å². The topological polar surface area (TPSA) is 136 Å². The van der Waals surface area contributed by atoms with Gasteiger partial charge in [0.25, 0.3) is 0 Å². The van der Waals surface area contributed by atoms with Crippen LogP contribution in [-0.2, 0) is 31.0 Å². The largest absolute Gasteiger partial charge is 0.483 e. The Balaban J connectivity index is 1.05. The van der Waals surface area contributed by atoms with Crippen molar-refractivity contribution in [3.05, 3.63) is 107 Å².